The number of hydrogen-bond acceptors (Lipinski definition) is 2. The highest BCUT2D eigenvalue weighted by Gasteiger charge is 2.34. The Morgan fingerprint density at radius 3 is 2.14 bits per heavy atom. The van der Waals surface area contributed by atoms with Crippen molar-refractivity contribution in [1.82, 2.24) is 0 Å². The molecular weight excluding hydrogens is 377 g/mol. The fraction of sp³-hybridized carbons (Fsp3) is 0.708. The fourth-order valence-corrected chi connectivity index (χ4v) is 5.24. The molecule has 0 saturated heterocycles. The minimum absolute atomic E-state index is 0.288. The smallest absolute Gasteiger partial charge is 0.314 e. The van der Waals surface area contributed by atoms with E-state index < -0.39 is 29.2 Å². The zero-order valence-corrected chi connectivity index (χ0v) is 17.4. The molecule has 1 aromatic carbocycles. The summed E-state index contributed by atoms with van der Waals surface area (Å²) in [4.78, 5) is 12.4. The second-order valence-corrected chi connectivity index (χ2v) is 8.98. The van der Waals surface area contributed by atoms with Gasteiger partial charge in [-0.05, 0) is 68.4 Å². The molecule has 2 aliphatic rings. The standard InChI is InChI=1S/C24H33F3O2/c1-2-3-4-5-16-6-8-17(9-7-16)18-10-12-19(13-11-18)24(28)29-21-15-14-20(25)22(26)23(21)27/h14-19H,2-13H2,1H3/t16-,17-,18?,19?. The molecule has 2 aliphatic carbocycles. The first kappa shape index (κ1) is 22.2. The van der Waals surface area contributed by atoms with Gasteiger partial charge in [-0.15, -0.1) is 0 Å². The Hall–Kier alpha value is -1.52. The summed E-state index contributed by atoms with van der Waals surface area (Å²) in [6.45, 7) is 2.25. The molecule has 3 rings (SSSR count). The Bertz CT molecular complexity index is 675. The number of carbonyl (C=O) groups is 1. The largest absolute Gasteiger partial charge is 0.423 e. The molecule has 2 fully saturated rings. The van der Waals surface area contributed by atoms with E-state index in [1.165, 1.54) is 51.4 Å². The van der Waals surface area contributed by atoms with Crippen molar-refractivity contribution >= 4 is 5.97 Å². The average molecular weight is 411 g/mol. The third-order valence-corrected chi connectivity index (χ3v) is 7.09. The molecule has 29 heavy (non-hydrogen) atoms. The van der Waals surface area contributed by atoms with Gasteiger partial charge in [0, 0.05) is 0 Å². The van der Waals surface area contributed by atoms with Crippen molar-refractivity contribution in [3.8, 4) is 5.75 Å². The lowest BCUT2D eigenvalue weighted by Crippen LogP contribution is -2.30. The van der Waals surface area contributed by atoms with Crippen LogP contribution in [0.2, 0.25) is 0 Å². The zero-order valence-electron chi connectivity index (χ0n) is 17.4. The van der Waals surface area contributed by atoms with Gasteiger partial charge >= 0.3 is 5.97 Å². The normalized spacial score (nSPS) is 27.6. The van der Waals surface area contributed by atoms with Gasteiger partial charge in [0.05, 0.1) is 5.92 Å². The van der Waals surface area contributed by atoms with Gasteiger partial charge < -0.3 is 4.74 Å². The predicted molar refractivity (Wildman–Crippen MR) is 107 cm³/mol. The summed E-state index contributed by atoms with van der Waals surface area (Å²) in [5, 5.41) is 0. The van der Waals surface area contributed by atoms with Gasteiger partial charge in [-0.25, -0.2) is 8.78 Å². The molecule has 2 nitrogen and oxygen atoms in total. The third-order valence-electron chi connectivity index (χ3n) is 7.09. The first-order valence-corrected chi connectivity index (χ1v) is 11.3. The van der Waals surface area contributed by atoms with Crippen LogP contribution in [0.4, 0.5) is 13.2 Å². The van der Waals surface area contributed by atoms with Gasteiger partial charge in [0.2, 0.25) is 5.82 Å². The van der Waals surface area contributed by atoms with Crippen LogP contribution in [0.25, 0.3) is 0 Å². The van der Waals surface area contributed by atoms with E-state index in [0.29, 0.717) is 5.92 Å². The highest BCUT2D eigenvalue weighted by molar-refractivity contribution is 5.75. The number of esters is 1. The van der Waals surface area contributed by atoms with Crippen molar-refractivity contribution in [3.05, 3.63) is 29.6 Å². The second-order valence-electron chi connectivity index (χ2n) is 8.98. The Labute approximate surface area is 172 Å². The predicted octanol–water partition coefficient (Wildman–Crippen LogP) is 7.20. The highest BCUT2D eigenvalue weighted by Crippen LogP contribution is 2.42. The summed E-state index contributed by atoms with van der Waals surface area (Å²) in [5.74, 6) is -3.37. The summed E-state index contributed by atoms with van der Waals surface area (Å²) in [6, 6.07) is 1.74. The van der Waals surface area contributed by atoms with E-state index in [0.717, 1.165) is 49.7 Å². The monoisotopic (exact) mass is 410 g/mol. The van der Waals surface area contributed by atoms with E-state index >= 15 is 0 Å². The summed E-state index contributed by atoms with van der Waals surface area (Å²) >= 11 is 0. The average Bonchev–Trinajstić information content (AvgIpc) is 2.75. The summed E-state index contributed by atoms with van der Waals surface area (Å²) in [7, 11) is 0. The van der Waals surface area contributed by atoms with Crippen LogP contribution in [0, 0.1) is 41.1 Å². The molecule has 0 radical (unpaired) electrons. The first-order valence-electron chi connectivity index (χ1n) is 11.3. The topological polar surface area (TPSA) is 26.3 Å². The van der Waals surface area contributed by atoms with Crippen molar-refractivity contribution in [2.24, 2.45) is 23.7 Å². The number of ether oxygens (including phenoxy) is 1. The highest BCUT2D eigenvalue weighted by atomic mass is 19.2. The van der Waals surface area contributed by atoms with Gasteiger partial charge in [0.15, 0.2) is 17.4 Å². The molecule has 0 aliphatic heterocycles. The molecule has 0 atom stereocenters. The lowest BCUT2D eigenvalue weighted by Gasteiger charge is -2.37. The molecular formula is C24H33F3O2. The molecule has 2 saturated carbocycles. The third kappa shape index (κ3) is 5.76. The van der Waals surface area contributed by atoms with Crippen LogP contribution in [-0.4, -0.2) is 5.97 Å². The van der Waals surface area contributed by atoms with Crippen molar-refractivity contribution in [2.75, 3.05) is 0 Å². The van der Waals surface area contributed by atoms with Gasteiger partial charge in [0.25, 0.3) is 0 Å². The van der Waals surface area contributed by atoms with Crippen LogP contribution in [0.5, 0.6) is 5.75 Å². The molecule has 0 unspecified atom stereocenters. The maximum Gasteiger partial charge on any atom is 0.314 e. The van der Waals surface area contributed by atoms with Crippen molar-refractivity contribution in [3.63, 3.8) is 0 Å². The molecule has 0 N–H and O–H groups in total. The van der Waals surface area contributed by atoms with E-state index in [4.69, 9.17) is 4.74 Å². The SMILES string of the molecule is CCCCC[C@H]1CC[C@H](C2CCC(C(=O)Oc3ccc(F)c(F)c3F)CC2)CC1. The molecule has 1 aromatic rings. The van der Waals surface area contributed by atoms with Crippen LogP contribution in [-0.2, 0) is 4.79 Å². The Balaban J connectivity index is 1.42. The number of halogens is 3. The number of unbranched alkanes of at least 4 members (excludes halogenated alkanes) is 2. The van der Waals surface area contributed by atoms with Crippen LogP contribution >= 0.6 is 0 Å². The van der Waals surface area contributed by atoms with Crippen LogP contribution < -0.4 is 4.74 Å². The molecule has 0 bridgehead atoms. The van der Waals surface area contributed by atoms with Crippen LogP contribution in [0.15, 0.2) is 12.1 Å². The molecule has 5 heteroatoms. The molecule has 162 valence electrons. The van der Waals surface area contributed by atoms with Crippen LogP contribution in [0.1, 0.15) is 84.0 Å². The molecule has 0 amide bonds. The van der Waals surface area contributed by atoms with E-state index in [1.54, 1.807) is 0 Å². The second kappa shape index (κ2) is 10.5. The summed E-state index contributed by atoms with van der Waals surface area (Å²) in [6.07, 6.45) is 14.1. The number of rotatable bonds is 7. The van der Waals surface area contributed by atoms with Gasteiger partial charge in [-0.3, -0.25) is 4.79 Å². The molecule has 0 aromatic heterocycles. The maximum atomic E-state index is 13.7. The summed E-state index contributed by atoms with van der Waals surface area (Å²) < 4.78 is 45.1. The Morgan fingerprint density at radius 1 is 0.897 bits per heavy atom. The summed E-state index contributed by atoms with van der Waals surface area (Å²) in [5.41, 5.74) is 0. The lowest BCUT2D eigenvalue weighted by molar-refractivity contribution is -0.140. The molecule has 0 heterocycles. The van der Waals surface area contributed by atoms with Crippen molar-refractivity contribution in [2.45, 2.75) is 84.0 Å². The van der Waals surface area contributed by atoms with Gasteiger partial charge in [0.1, 0.15) is 0 Å². The minimum Gasteiger partial charge on any atom is -0.423 e. The number of benzene rings is 1. The van der Waals surface area contributed by atoms with E-state index in [9.17, 15) is 18.0 Å². The van der Waals surface area contributed by atoms with E-state index in [-0.39, 0.29) is 5.92 Å². The molecule has 0 spiro atoms. The number of hydrogen-bond donors (Lipinski definition) is 0. The van der Waals surface area contributed by atoms with Crippen LogP contribution in [0.3, 0.4) is 0 Å². The Morgan fingerprint density at radius 2 is 1.52 bits per heavy atom. The minimum atomic E-state index is -1.61. The van der Waals surface area contributed by atoms with Gasteiger partial charge in [-0.2, -0.15) is 4.39 Å². The lowest BCUT2D eigenvalue weighted by atomic mass is 9.68. The maximum absolute atomic E-state index is 13.7. The van der Waals surface area contributed by atoms with Gasteiger partial charge in [-0.1, -0.05) is 45.4 Å². The number of carbonyl (C=O) groups excluding carboxylic acids is 1. The quantitative estimate of drug-likeness (QED) is 0.206. The zero-order chi connectivity index (χ0) is 20.8. The van der Waals surface area contributed by atoms with E-state index in [2.05, 4.69) is 6.92 Å². The first-order chi connectivity index (χ1) is 14.0. The Kier molecular flexibility index (Phi) is 8.02. The van der Waals surface area contributed by atoms with E-state index in [1.807, 2.05) is 0 Å². The fourth-order valence-electron chi connectivity index (χ4n) is 5.24. The van der Waals surface area contributed by atoms with Crippen molar-refractivity contribution in [1.29, 1.82) is 0 Å². The van der Waals surface area contributed by atoms with Crippen molar-refractivity contribution < 1.29 is 22.7 Å².